The second-order valence-corrected chi connectivity index (χ2v) is 5.53. The maximum absolute atomic E-state index is 12.7. The van der Waals surface area contributed by atoms with Crippen LogP contribution in [0.25, 0.3) is 22.9 Å². The molecule has 0 fully saturated rings. The van der Waals surface area contributed by atoms with Gasteiger partial charge in [-0.1, -0.05) is 0 Å². The smallest absolute Gasteiger partial charge is 0.417 e. The first-order valence-corrected chi connectivity index (χ1v) is 7.75. The van der Waals surface area contributed by atoms with Crippen molar-refractivity contribution < 1.29 is 17.9 Å². The van der Waals surface area contributed by atoms with Gasteiger partial charge < -0.3 is 4.74 Å². The van der Waals surface area contributed by atoms with Crippen molar-refractivity contribution in [1.82, 2.24) is 15.2 Å². The molecule has 2 heterocycles. The van der Waals surface area contributed by atoms with E-state index >= 15 is 0 Å². The van der Waals surface area contributed by atoms with Crippen LogP contribution in [0.2, 0.25) is 0 Å². The third-order valence-electron chi connectivity index (χ3n) is 3.83. The molecule has 0 atom stereocenters. The number of ether oxygens (including phenoxy) is 1. The van der Waals surface area contributed by atoms with Gasteiger partial charge >= 0.3 is 6.18 Å². The van der Waals surface area contributed by atoms with Gasteiger partial charge in [-0.25, -0.2) is 0 Å². The summed E-state index contributed by atoms with van der Waals surface area (Å²) in [5.74, 6) is 0.696. The Labute approximate surface area is 152 Å². The van der Waals surface area contributed by atoms with Gasteiger partial charge in [-0.15, -0.1) is 0 Å². The molecule has 0 aliphatic carbocycles. The summed E-state index contributed by atoms with van der Waals surface area (Å²) < 4.78 is 43.1. The van der Waals surface area contributed by atoms with Gasteiger partial charge in [-0.2, -0.15) is 23.5 Å². The molecular formula is C19H13F3N4O. The van der Waals surface area contributed by atoms with E-state index in [1.54, 1.807) is 19.2 Å². The number of benzene rings is 1. The van der Waals surface area contributed by atoms with Crippen LogP contribution in [0.3, 0.4) is 0 Å². The summed E-state index contributed by atoms with van der Waals surface area (Å²) in [7, 11) is 1.57. The summed E-state index contributed by atoms with van der Waals surface area (Å²) >= 11 is 0. The molecule has 0 bridgehead atoms. The normalized spacial score (nSPS) is 11.9. The Balaban J connectivity index is 1.95. The summed E-state index contributed by atoms with van der Waals surface area (Å²) in [6.45, 7) is 0. The van der Waals surface area contributed by atoms with Crippen LogP contribution in [0.1, 0.15) is 16.8 Å². The van der Waals surface area contributed by atoms with Crippen LogP contribution in [-0.4, -0.2) is 22.3 Å². The summed E-state index contributed by atoms with van der Waals surface area (Å²) in [5, 5.41) is 16.3. The molecule has 0 spiro atoms. The number of alkyl halides is 3. The average Bonchev–Trinajstić information content (AvgIpc) is 3.14. The van der Waals surface area contributed by atoms with E-state index in [1.807, 2.05) is 18.2 Å². The Hall–Kier alpha value is -3.60. The molecule has 0 amide bonds. The third-order valence-corrected chi connectivity index (χ3v) is 3.83. The standard InChI is InChI=1S/C19H13F3N4O/c1-27-16-5-2-12(3-6-16)18-14(10-25-26-18)8-13(9-23)17-7-4-15(11-24-17)19(20,21)22/h2-8,10-11H,1H3,(H,25,26)/b13-8+. The molecular weight excluding hydrogens is 357 g/mol. The Bertz CT molecular complexity index is 997. The Morgan fingerprint density at radius 3 is 2.44 bits per heavy atom. The van der Waals surface area contributed by atoms with E-state index in [-0.39, 0.29) is 11.3 Å². The Morgan fingerprint density at radius 1 is 1.15 bits per heavy atom. The van der Waals surface area contributed by atoms with E-state index in [9.17, 15) is 18.4 Å². The summed E-state index contributed by atoms with van der Waals surface area (Å²) in [6, 6.07) is 11.3. The number of nitriles is 1. The van der Waals surface area contributed by atoms with Gasteiger partial charge in [0.1, 0.15) is 11.8 Å². The molecule has 0 saturated heterocycles. The highest BCUT2D eigenvalue weighted by Crippen LogP contribution is 2.30. The molecule has 0 aliphatic heterocycles. The zero-order chi connectivity index (χ0) is 19.4. The van der Waals surface area contributed by atoms with Crippen LogP contribution >= 0.6 is 0 Å². The molecule has 3 aromatic rings. The summed E-state index contributed by atoms with van der Waals surface area (Å²) in [6.07, 6.45) is -0.714. The van der Waals surface area contributed by atoms with E-state index in [0.29, 0.717) is 23.2 Å². The van der Waals surface area contributed by atoms with Gasteiger partial charge in [0, 0.05) is 17.3 Å². The molecule has 8 heteroatoms. The van der Waals surface area contributed by atoms with Crippen LogP contribution in [0.4, 0.5) is 13.2 Å². The number of hydrogen-bond acceptors (Lipinski definition) is 4. The minimum absolute atomic E-state index is 0.125. The predicted molar refractivity (Wildman–Crippen MR) is 93.3 cm³/mol. The molecule has 1 aromatic carbocycles. The van der Waals surface area contributed by atoms with E-state index in [0.717, 1.165) is 11.6 Å². The van der Waals surface area contributed by atoms with Crippen molar-refractivity contribution in [2.24, 2.45) is 0 Å². The summed E-state index contributed by atoms with van der Waals surface area (Å²) in [4.78, 5) is 3.76. The van der Waals surface area contributed by atoms with Crippen molar-refractivity contribution >= 4 is 11.6 Å². The van der Waals surface area contributed by atoms with Gasteiger partial charge in [0.2, 0.25) is 0 Å². The zero-order valence-electron chi connectivity index (χ0n) is 14.1. The van der Waals surface area contributed by atoms with Crippen LogP contribution in [0, 0.1) is 11.3 Å². The van der Waals surface area contributed by atoms with Crippen LogP contribution in [0.5, 0.6) is 5.75 Å². The number of pyridine rings is 1. The van der Waals surface area contributed by atoms with Crippen LogP contribution in [-0.2, 0) is 6.18 Å². The second kappa shape index (κ2) is 7.33. The molecule has 5 nitrogen and oxygen atoms in total. The predicted octanol–water partition coefficient (Wildman–Crippen LogP) is 4.56. The fourth-order valence-electron chi connectivity index (χ4n) is 2.43. The maximum atomic E-state index is 12.7. The number of methoxy groups -OCH3 is 1. The first-order valence-electron chi connectivity index (χ1n) is 7.75. The lowest BCUT2D eigenvalue weighted by Gasteiger charge is -2.06. The first kappa shape index (κ1) is 18.2. The lowest BCUT2D eigenvalue weighted by atomic mass is 10.0. The number of aromatic nitrogens is 3. The third kappa shape index (κ3) is 3.98. The number of H-pyrrole nitrogens is 1. The first-order chi connectivity index (χ1) is 12.9. The highest BCUT2D eigenvalue weighted by molar-refractivity contribution is 5.91. The van der Waals surface area contributed by atoms with Crippen molar-refractivity contribution in [2.75, 3.05) is 7.11 Å². The highest BCUT2D eigenvalue weighted by atomic mass is 19.4. The number of halogens is 3. The van der Waals surface area contributed by atoms with Crippen molar-refractivity contribution in [1.29, 1.82) is 5.26 Å². The molecule has 0 unspecified atom stereocenters. The maximum Gasteiger partial charge on any atom is 0.417 e. The summed E-state index contributed by atoms with van der Waals surface area (Å²) in [5.41, 5.74) is 1.49. The highest BCUT2D eigenvalue weighted by Gasteiger charge is 2.30. The monoisotopic (exact) mass is 370 g/mol. The van der Waals surface area contributed by atoms with E-state index < -0.39 is 11.7 Å². The lowest BCUT2D eigenvalue weighted by Crippen LogP contribution is -2.05. The lowest BCUT2D eigenvalue weighted by molar-refractivity contribution is -0.137. The number of nitrogens with zero attached hydrogens (tertiary/aromatic N) is 3. The van der Waals surface area contributed by atoms with Crippen molar-refractivity contribution in [3.8, 4) is 23.1 Å². The van der Waals surface area contributed by atoms with E-state index in [2.05, 4.69) is 15.2 Å². The average molecular weight is 370 g/mol. The van der Waals surface area contributed by atoms with Crippen molar-refractivity contribution in [2.45, 2.75) is 6.18 Å². The quantitative estimate of drug-likeness (QED) is 0.683. The van der Waals surface area contributed by atoms with E-state index in [4.69, 9.17) is 4.74 Å². The second-order valence-electron chi connectivity index (χ2n) is 5.53. The molecule has 1 N–H and O–H groups in total. The van der Waals surface area contributed by atoms with Gasteiger partial charge in [0.05, 0.1) is 35.8 Å². The Morgan fingerprint density at radius 2 is 1.89 bits per heavy atom. The number of allylic oxidation sites excluding steroid dienone is 1. The van der Waals surface area contributed by atoms with Gasteiger partial charge in [0.15, 0.2) is 0 Å². The number of nitrogens with one attached hydrogen (secondary N) is 1. The molecule has 136 valence electrons. The number of hydrogen-bond donors (Lipinski definition) is 1. The van der Waals surface area contributed by atoms with Gasteiger partial charge in [0.25, 0.3) is 0 Å². The van der Waals surface area contributed by atoms with Gasteiger partial charge in [-0.3, -0.25) is 10.1 Å². The minimum atomic E-state index is -4.48. The van der Waals surface area contributed by atoms with Crippen LogP contribution in [0.15, 0.2) is 48.8 Å². The van der Waals surface area contributed by atoms with E-state index in [1.165, 1.54) is 18.3 Å². The largest absolute Gasteiger partial charge is 0.497 e. The fraction of sp³-hybridized carbons (Fsp3) is 0.105. The Kier molecular flexibility index (Phi) is 4.94. The fourth-order valence-corrected chi connectivity index (χ4v) is 2.43. The topological polar surface area (TPSA) is 74.6 Å². The number of rotatable bonds is 4. The molecule has 0 radical (unpaired) electrons. The van der Waals surface area contributed by atoms with Gasteiger partial charge in [-0.05, 0) is 42.5 Å². The zero-order valence-corrected chi connectivity index (χ0v) is 14.1. The molecule has 0 aliphatic rings. The molecule has 27 heavy (non-hydrogen) atoms. The van der Waals surface area contributed by atoms with Crippen molar-refractivity contribution in [3.63, 3.8) is 0 Å². The van der Waals surface area contributed by atoms with Crippen LogP contribution < -0.4 is 4.74 Å². The minimum Gasteiger partial charge on any atom is -0.497 e. The van der Waals surface area contributed by atoms with Crippen molar-refractivity contribution in [3.05, 3.63) is 65.6 Å². The number of aromatic amines is 1. The SMILES string of the molecule is COc1ccc(-c2[nH]ncc2/C=C(\C#N)c2ccc(C(F)(F)F)cn2)cc1. The molecule has 3 rings (SSSR count). The molecule has 2 aromatic heterocycles. The molecule has 0 saturated carbocycles.